The molecule has 0 unspecified atom stereocenters. The van der Waals surface area contributed by atoms with Crippen LogP contribution in [0.4, 0.5) is 0 Å². The molecule has 5 heteroatoms. The summed E-state index contributed by atoms with van der Waals surface area (Å²) in [5.41, 5.74) is 0. The molecule has 21 heavy (non-hydrogen) atoms. The number of likely N-dealkylation sites (tertiary alicyclic amines) is 2. The highest BCUT2D eigenvalue weighted by atomic mass is 16.5. The van der Waals surface area contributed by atoms with Crippen LogP contribution in [0.1, 0.15) is 69.6 Å². The quantitative estimate of drug-likeness (QED) is 0.835. The van der Waals surface area contributed by atoms with Gasteiger partial charge in [-0.25, -0.2) is 0 Å². The molecule has 5 nitrogen and oxygen atoms in total. The Morgan fingerprint density at radius 1 is 1.10 bits per heavy atom. The lowest BCUT2D eigenvalue weighted by molar-refractivity contribution is 0.170. The molecule has 2 aliphatic heterocycles. The van der Waals surface area contributed by atoms with Crippen LogP contribution < -0.4 is 0 Å². The monoisotopic (exact) mass is 292 g/mol. The van der Waals surface area contributed by atoms with Crippen molar-refractivity contribution in [3.8, 4) is 0 Å². The minimum absolute atomic E-state index is 0.314. The summed E-state index contributed by atoms with van der Waals surface area (Å²) in [5, 5.41) is 4.22. The molecule has 1 aromatic rings. The van der Waals surface area contributed by atoms with E-state index in [0.29, 0.717) is 12.0 Å². The zero-order valence-electron chi connectivity index (χ0n) is 13.4. The smallest absolute Gasteiger partial charge is 0.229 e. The zero-order valence-corrected chi connectivity index (χ0v) is 13.4. The highest BCUT2D eigenvalue weighted by molar-refractivity contribution is 5.00. The molecule has 0 saturated carbocycles. The third-order valence-corrected chi connectivity index (χ3v) is 4.77. The first kappa shape index (κ1) is 15.0. The fraction of sp³-hybridized carbons (Fsp3) is 0.875. The lowest BCUT2D eigenvalue weighted by Crippen LogP contribution is -2.37. The van der Waals surface area contributed by atoms with E-state index in [9.17, 15) is 0 Å². The van der Waals surface area contributed by atoms with Crippen LogP contribution >= 0.6 is 0 Å². The molecule has 1 atom stereocenters. The van der Waals surface area contributed by atoms with Gasteiger partial charge >= 0.3 is 0 Å². The first-order valence-electron chi connectivity index (χ1n) is 8.54. The SMILES string of the molecule is CC(C)c1nc([C@@H]2CCCN2CCN2CCCCC2)no1. The molecule has 0 aliphatic carbocycles. The van der Waals surface area contributed by atoms with E-state index in [-0.39, 0.29) is 0 Å². The van der Waals surface area contributed by atoms with Crippen molar-refractivity contribution in [3.63, 3.8) is 0 Å². The first-order chi connectivity index (χ1) is 10.2. The molecule has 3 rings (SSSR count). The highest BCUT2D eigenvalue weighted by Crippen LogP contribution is 2.30. The molecule has 0 radical (unpaired) electrons. The summed E-state index contributed by atoms with van der Waals surface area (Å²) in [7, 11) is 0. The predicted octanol–water partition coefficient (Wildman–Crippen LogP) is 2.82. The Hall–Kier alpha value is -0.940. The molecule has 2 aliphatic rings. The Labute approximate surface area is 127 Å². The van der Waals surface area contributed by atoms with Crippen LogP contribution in [0, 0.1) is 0 Å². The maximum absolute atomic E-state index is 5.38. The summed E-state index contributed by atoms with van der Waals surface area (Å²) in [4.78, 5) is 9.75. The third-order valence-electron chi connectivity index (χ3n) is 4.77. The van der Waals surface area contributed by atoms with Crippen LogP contribution in [0.3, 0.4) is 0 Å². The third kappa shape index (κ3) is 3.64. The normalized spacial score (nSPS) is 25.0. The van der Waals surface area contributed by atoms with Gasteiger partial charge in [0.2, 0.25) is 5.89 Å². The van der Waals surface area contributed by atoms with Crippen LogP contribution in [0.2, 0.25) is 0 Å². The van der Waals surface area contributed by atoms with E-state index in [1.165, 1.54) is 51.9 Å². The number of rotatable bonds is 5. The van der Waals surface area contributed by atoms with E-state index in [4.69, 9.17) is 4.52 Å². The number of hydrogen-bond donors (Lipinski definition) is 0. The molecule has 118 valence electrons. The van der Waals surface area contributed by atoms with Gasteiger partial charge in [0.15, 0.2) is 5.82 Å². The van der Waals surface area contributed by atoms with Gasteiger partial charge in [-0.05, 0) is 45.3 Å². The predicted molar refractivity (Wildman–Crippen MR) is 82.2 cm³/mol. The van der Waals surface area contributed by atoms with Gasteiger partial charge in [-0.3, -0.25) is 4.90 Å². The second-order valence-corrected chi connectivity index (χ2v) is 6.74. The molecule has 0 spiro atoms. The van der Waals surface area contributed by atoms with Gasteiger partial charge in [0.05, 0.1) is 6.04 Å². The lowest BCUT2D eigenvalue weighted by Gasteiger charge is -2.30. The lowest BCUT2D eigenvalue weighted by atomic mass is 10.1. The topological polar surface area (TPSA) is 45.4 Å². The van der Waals surface area contributed by atoms with Gasteiger partial charge in [0.1, 0.15) is 0 Å². The van der Waals surface area contributed by atoms with Gasteiger partial charge < -0.3 is 9.42 Å². The largest absolute Gasteiger partial charge is 0.339 e. The average molecular weight is 292 g/mol. The van der Waals surface area contributed by atoms with Crippen molar-refractivity contribution < 1.29 is 4.52 Å². The summed E-state index contributed by atoms with van der Waals surface area (Å²) in [6, 6.07) is 0.367. The molecule has 0 bridgehead atoms. The van der Waals surface area contributed by atoms with Crippen molar-refractivity contribution in [2.45, 2.75) is 57.9 Å². The Balaban J connectivity index is 1.56. The van der Waals surface area contributed by atoms with Crippen LogP contribution in [-0.2, 0) is 0 Å². The molecular weight excluding hydrogens is 264 g/mol. The van der Waals surface area contributed by atoms with Crippen molar-refractivity contribution >= 4 is 0 Å². The summed E-state index contributed by atoms with van der Waals surface area (Å²) in [5.74, 6) is 1.98. The minimum atomic E-state index is 0.314. The second-order valence-electron chi connectivity index (χ2n) is 6.74. The maximum Gasteiger partial charge on any atom is 0.229 e. The van der Waals surface area contributed by atoms with Gasteiger partial charge in [-0.2, -0.15) is 4.98 Å². The summed E-state index contributed by atoms with van der Waals surface area (Å²) < 4.78 is 5.38. The van der Waals surface area contributed by atoms with E-state index in [2.05, 4.69) is 33.8 Å². The fourth-order valence-electron chi connectivity index (χ4n) is 3.46. The van der Waals surface area contributed by atoms with Crippen molar-refractivity contribution in [2.75, 3.05) is 32.7 Å². The Morgan fingerprint density at radius 3 is 2.62 bits per heavy atom. The number of hydrogen-bond acceptors (Lipinski definition) is 5. The van der Waals surface area contributed by atoms with Crippen LogP contribution in [0.5, 0.6) is 0 Å². The van der Waals surface area contributed by atoms with Gasteiger partial charge in [0, 0.05) is 19.0 Å². The molecule has 2 fully saturated rings. The van der Waals surface area contributed by atoms with E-state index in [0.717, 1.165) is 24.7 Å². The second kappa shape index (κ2) is 6.88. The minimum Gasteiger partial charge on any atom is -0.339 e. The first-order valence-corrected chi connectivity index (χ1v) is 8.54. The molecule has 1 aromatic heterocycles. The van der Waals surface area contributed by atoms with Gasteiger partial charge in [-0.1, -0.05) is 25.4 Å². The van der Waals surface area contributed by atoms with Crippen molar-refractivity contribution in [2.24, 2.45) is 0 Å². The molecule has 0 aromatic carbocycles. The molecule has 2 saturated heterocycles. The van der Waals surface area contributed by atoms with E-state index >= 15 is 0 Å². The van der Waals surface area contributed by atoms with Crippen molar-refractivity contribution in [3.05, 3.63) is 11.7 Å². The Bertz CT molecular complexity index is 439. The Morgan fingerprint density at radius 2 is 1.90 bits per heavy atom. The van der Waals surface area contributed by atoms with E-state index < -0.39 is 0 Å². The van der Waals surface area contributed by atoms with Crippen molar-refractivity contribution in [1.82, 2.24) is 19.9 Å². The van der Waals surface area contributed by atoms with Crippen LogP contribution in [0.15, 0.2) is 4.52 Å². The standard InChI is InChI=1S/C16H28N4O/c1-13(2)16-17-15(18-21-16)14-7-6-10-20(14)12-11-19-8-4-3-5-9-19/h13-14H,3-12H2,1-2H3/t14-/m0/s1. The summed E-state index contributed by atoms with van der Waals surface area (Å²) in [6.45, 7) is 10.2. The number of piperidine rings is 1. The molecule has 3 heterocycles. The zero-order chi connectivity index (χ0) is 14.7. The number of nitrogens with zero attached hydrogens (tertiary/aromatic N) is 4. The van der Waals surface area contributed by atoms with Crippen molar-refractivity contribution in [1.29, 1.82) is 0 Å². The molecule has 0 N–H and O–H groups in total. The summed E-state index contributed by atoms with van der Waals surface area (Å²) in [6.07, 6.45) is 6.55. The fourth-order valence-corrected chi connectivity index (χ4v) is 3.46. The maximum atomic E-state index is 5.38. The van der Waals surface area contributed by atoms with Gasteiger partial charge in [0.25, 0.3) is 0 Å². The van der Waals surface area contributed by atoms with E-state index in [1.807, 2.05) is 0 Å². The average Bonchev–Trinajstić information content (AvgIpc) is 3.15. The van der Waals surface area contributed by atoms with E-state index in [1.54, 1.807) is 0 Å². The molecular formula is C16H28N4O. The highest BCUT2D eigenvalue weighted by Gasteiger charge is 2.30. The van der Waals surface area contributed by atoms with Gasteiger partial charge in [-0.15, -0.1) is 0 Å². The van der Waals surface area contributed by atoms with Crippen LogP contribution in [-0.4, -0.2) is 52.7 Å². The Kier molecular flexibility index (Phi) is 4.91. The molecule has 0 amide bonds. The van der Waals surface area contributed by atoms with Crippen LogP contribution in [0.25, 0.3) is 0 Å². The number of aromatic nitrogens is 2. The summed E-state index contributed by atoms with van der Waals surface area (Å²) >= 11 is 0.